The Hall–Kier alpha value is -0.240. The highest BCUT2D eigenvalue weighted by atomic mass is 16.3. The van der Waals surface area contributed by atoms with E-state index in [2.05, 4.69) is 76.7 Å². The van der Waals surface area contributed by atoms with Crippen LogP contribution in [-0.4, -0.2) is 75.8 Å². The summed E-state index contributed by atoms with van der Waals surface area (Å²) in [7, 11) is 0. The number of rotatable bonds is 32. The van der Waals surface area contributed by atoms with Gasteiger partial charge >= 0.3 is 0 Å². The molecule has 6 fully saturated rings. The molecular weight excluding hydrogens is 761 g/mol. The predicted molar refractivity (Wildman–Crippen MR) is 277 cm³/mol. The largest absolute Gasteiger partial charge is 0.396 e. The number of hydrogen-bond acceptors (Lipinski definition) is 6. The number of hydrogen-bond donors (Lipinski definition) is 6. The van der Waals surface area contributed by atoms with Crippen molar-refractivity contribution in [1.29, 1.82) is 0 Å². The second-order valence-electron chi connectivity index (χ2n) is 20.7. The zero-order valence-electron chi connectivity index (χ0n) is 42.8. The molecule has 6 rings (SSSR count). The summed E-state index contributed by atoms with van der Waals surface area (Å²) in [4.78, 5) is 0. The molecule has 6 saturated carbocycles. The van der Waals surface area contributed by atoms with Crippen LogP contribution in [0.4, 0.5) is 0 Å². The Morgan fingerprint density at radius 2 is 0.694 bits per heavy atom. The number of aliphatic hydroxyl groups excluding tert-OH is 2. The van der Waals surface area contributed by atoms with E-state index in [0.717, 1.165) is 93.0 Å². The summed E-state index contributed by atoms with van der Waals surface area (Å²) in [5.41, 5.74) is 0. The number of aliphatic hydroxyl groups is 2. The summed E-state index contributed by atoms with van der Waals surface area (Å²) in [6, 6.07) is 0. The summed E-state index contributed by atoms with van der Waals surface area (Å²) >= 11 is 0. The van der Waals surface area contributed by atoms with Crippen molar-refractivity contribution in [2.75, 3.05) is 65.6 Å². The first-order valence-electron chi connectivity index (χ1n) is 27.9. The lowest BCUT2D eigenvalue weighted by Gasteiger charge is -2.06. The third kappa shape index (κ3) is 37.9. The Morgan fingerprint density at radius 1 is 0.371 bits per heavy atom. The molecule has 0 heterocycles. The second-order valence-corrected chi connectivity index (χ2v) is 20.7. The van der Waals surface area contributed by atoms with Gasteiger partial charge in [-0.1, -0.05) is 191 Å². The molecule has 0 amide bonds. The first kappa shape index (κ1) is 61.8. The van der Waals surface area contributed by atoms with Crippen LogP contribution in [0, 0.1) is 59.2 Å². The maximum atomic E-state index is 8.40. The van der Waals surface area contributed by atoms with Crippen molar-refractivity contribution in [3.05, 3.63) is 0 Å². The molecule has 6 aliphatic rings. The highest BCUT2D eigenvalue weighted by Gasteiger charge is 2.37. The predicted octanol–water partition coefficient (Wildman–Crippen LogP) is 13.8. The standard InChI is InChI=1S/C19H38.C15H34N4.C7H14.C5H10O2.C5H10.C4H8.CH4/c1-3-5-7-9-11-13-15-18-17-19(18)16-14-12-10-8-6-4-2;1-3-16-7-5-9-18-12-14-11-15(14)13-19-10-6-8-17-4-2;1-3-6-5-7(6)4-2;6-2-4-1-5(4)3-7;1-4-3-5(4)2;1-2-4-3-1;/h18-19H,3-17H2,1-2H3;14-19H,3-13H2,1-2H3;6-7H,3-5H2,1-2H3;4-7H,1-3H2;4-5H,3H2,1-2H3;1-4H2;1H4. The van der Waals surface area contributed by atoms with Crippen LogP contribution in [0.1, 0.15) is 236 Å². The normalized spacial score (nSPS) is 27.6. The van der Waals surface area contributed by atoms with Gasteiger partial charge in [-0.25, -0.2) is 0 Å². The van der Waals surface area contributed by atoms with Gasteiger partial charge < -0.3 is 31.5 Å². The number of unbranched alkanes of at least 4 members (excludes halogenated alkanes) is 10. The molecule has 0 radical (unpaired) electrons. The van der Waals surface area contributed by atoms with Crippen LogP contribution in [0.5, 0.6) is 0 Å². The molecule has 6 N–H and O–H groups in total. The fourth-order valence-corrected chi connectivity index (χ4v) is 8.63. The van der Waals surface area contributed by atoms with Gasteiger partial charge in [0.2, 0.25) is 0 Å². The minimum absolute atomic E-state index is 0. The van der Waals surface area contributed by atoms with Crippen molar-refractivity contribution in [2.24, 2.45) is 59.2 Å². The van der Waals surface area contributed by atoms with Gasteiger partial charge in [-0.2, -0.15) is 0 Å². The maximum absolute atomic E-state index is 8.40. The summed E-state index contributed by atoms with van der Waals surface area (Å²) in [5, 5.41) is 30.7. The lowest BCUT2D eigenvalue weighted by Crippen LogP contribution is -2.26. The molecule has 6 nitrogen and oxygen atoms in total. The zero-order chi connectivity index (χ0) is 44.8. The van der Waals surface area contributed by atoms with E-state index >= 15 is 0 Å². The molecule has 62 heavy (non-hydrogen) atoms. The Balaban J connectivity index is 0.000000790. The van der Waals surface area contributed by atoms with E-state index in [1.807, 2.05) is 0 Å². The van der Waals surface area contributed by atoms with Crippen molar-refractivity contribution in [3.63, 3.8) is 0 Å². The zero-order valence-corrected chi connectivity index (χ0v) is 42.8. The molecule has 0 aromatic heterocycles. The lowest BCUT2D eigenvalue weighted by molar-refractivity contribution is 0.232. The smallest absolute Gasteiger partial charge is 0.0462 e. The van der Waals surface area contributed by atoms with Gasteiger partial charge in [0, 0.05) is 13.2 Å². The molecule has 0 aliphatic heterocycles. The van der Waals surface area contributed by atoms with E-state index in [9.17, 15) is 0 Å². The minimum Gasteiger partial charge on any atom is -0.396 e. The maximum Gasteiger partial charge on any atom is 0.0462 e. The Kier molecular flexibility index (Phi) is 43.2. The third-order valence-electron chi connectivity index (χ3n) is 14.9. The van der Waals surface area contributed by atoms with Gasteiger partial charge in [0.15, 0.2) is 0 Å². The van der Waals surface area contributed by atoms with Crippen LogP contribution in [-0.2, 0) is 0 Å². The average Bonchev–Trinajstić information content (AvgIpc) is 4.01. The summed E-state index contributed by atoms with van der Waals surface area (Å²) in [6.45, 7) is 27.8. The average molecular weight is 880 g/mol. The van der Waals surface area contributed by atoms with Crippen LogP contribution in [0.25, 0.3) is 0 Å². The quantitative estimate of drug-likeness (QED) is 0.0378. The number of nitrogens with one attached hydrogen (secondary N) is 4. The summed E-state index contributed by atoms with van der Waals surface area (Å²) in [6.07, 6.45) is 39.0. The molecule has 0 aromatic rings. The van der Waals surface area contributed by atoms with Gasteiger partial charge in [0.05, 0.1) is 0 Å². The van der Waals surface area contributed by atoms with Crippen LogP contribution in [0.3, 0.4) is 0 Å². The molecule has 6 heteroatoms. The van der Waals surface area contributed by atoms with Gasteiger partial charge in [0.25, 0.3) is 0 Å². The molecule has 0 saturated heterocycles. The fraction of sp³-hybridized carbons (Fsp3) is 1.00. The minimum atomic E-state index is 0. The van der Waals surface area contributed by atoms with Crippen LogP contribution in [0.15, 0.2) is 0 Å². The molecule has 0 bridgehead atoms. The van der Waals surface area contributed by atoms with Gasteiger partial charge in [-0.05, 0) is 156 Å². The van der Waals surface area contributed by atoms with Gasteiger partial charge in [-0.15, -0.1) is 0 Å². The van der Waals surface area contributed by atoms with Gasteiger partial charge in [-0.3, -0.25) is 0 Å². The molecule has 10 atom stereocenters. The van der Waals surface area contributed by atoms with Gasteiger partial charge in [0.1, 0.15) is 0 Å². The van der Waals surface area contributed by atoms with E-state index in [0.29, 0.717) is 11.8 Å². The van der Waals surface area contributed by atoms with Crippen molar-refractivity contribution in [2.45, 2.75) is 236 Å². The van der Waals surface area contributed by atoms with E-state index in [1.54, 1.807) is 19.3 Å². The van der Waals surface area contributed by atoms with E-state index < -0.39 is 0 Å². The molecule has 10 unspecified atom stereocenters. The van der Waals surface area contributed by atoms with Crippen molar-refractivity contribution in [3.8, 4) is 0 Å². The van der Waals surface area contributed by atoms with Crippen LogP contribution >= 0.6 is 0 Å². The molecule has 374 valence electrons. The molecule has 0 aromatic carbocycles. The Bertz CT molecular complexity index is 777. The van der Waals surface area contributed by atoms with E-state index in [4.69, 9.17) is 10.2 Å². The summed E-state index contributed by atoms with van der Waals surface area (Å²) < 4.78 is 0. The first-order valence-corrected chi connectivity index (χ1v) is 27.9. The van der Waals surface area contributed by atoms with Crippen LogP contribution < -0.4 is 21.3 Å². The molecular formula is C56H118N4O2. The van der Waals surface area contributed by atoms with Crippen molar-refractivity contribution < 1.29 is 10.2 Å². The van der Waals surface area contributed by atoms with E-state index in [-0.39, 0.29) is 20.6 Å². The lowest BCUT2D eigenvalue weighted by atomic mass is 10.0. The SMILES string of the molecule is C.C1CCC1.CC1CC1C.CCC1CC1CC.CCCCCCCCC1CC1CCCCCCCC.CCNCCCNCC1CC1CNCCCNCC.OCC1CC1CO. The van der Waals surface area contributed by atoms with Crippen molar-refractivity contribution >= 4 is 0 Å². The van der Waals surface area contributed by atoms with E-state index in [1.165, 1.54) is 161 Å². The molecule has 6 aliphatic carbocycles. The Morgan fingerprint density at radius 3 is 0.984 bits per heavy atom. The fourth-order valence-electron chi connectivity index (χ4n) is 8.63. The third-order valence-corrected chi connectivity index (χ3v) is 14.9. The van der Waals surface area contributed by atoms with Crippen molar-refractivity contribution in [1.82, 2.24) is 21.3 Å². The highest BCUT2D eigenvalue weighted by molar-refractivity contribution is 4.89. The van der Waals surface area contributed by atoms with Crippen LogP contribution in [0.2, 0.25) is 0 Å². The topological polar surface area (TPSA) is 88.6 Å². The molecule has 0 spiro atoms. The second kappa shape index (κ2) is 43.3. The monoisotopic (exact) mass is 879 g/mol. The highest BCUT2D eigenvalue weighted by Crippen LogP contribution is 2.46. The Labute approximate surface area is 391 Å². The summed E-state index contributed by atoms with van der Waals surface area (Å²) in [5.74, 6) is 9.32. The first-order chi connectivity index (χ1) is 29.8.